The van der Waals surface area contributed by atoms with Gasteiger partial charge in [-0.1, -0.05) is 12.1 Å². The van der Waals surface area contributed by atoms with Crippen LogP contribution in [0.25, 0.3) is 0 Å². The Kier molecular flexibility index (Phi) is 5.36. The van der Waals surface area contributed by atoms with E-state index in [-0.39, 0.29) is 0 Å². The minimum absolute atomic E-state index is 0.433. The lowest BCUT2D eigenvalue weighted by Gasteiger charge is -2.14. The second kappa shape index (κ2) is 7.45. The van der Waals surface area contributed by atoms with Gasteiger partial charge in [0.25, 0.3) is 0 Å². The lowest BCUT2D eigenvalue weighted by molar-refractivity contribution is 0.291. The Morgan fingerprint density at radius 2 is 1.27 bits per heavy atom. The number of hydrogen-bond acceptors (Lipinski definition) is 5. The largest absolute Gasteiger partial charge is 0.497 e. The normalized spacial score (nSPS) is 10.0. The van der Waals surface area contributed by atoms with Crippen LogP contribution in [0.4, 0.5) is 0 Å². The maximum Gasteiger partial charge on any atom is 0.203 e. The third kappa shape index (κ3) is 3.55. The maximum absolute atomic E-state index is 5.79. The molecule has 22 heavy (non-hydrogen) atoms. The molecule has 0 heterocycles. The molecule has 0 fully saturated rings. The van der Waals surface area contributed by atoms with Crippen molar-refractivity contribution in [1.29, 1.82) is 0 Å². The van der Waals surface area contributed by atoms with Crippen molar-refractivity contribution in [3.63, 3.8) is 0 Å². The molecule has 0 atom stereocenters. The highest BCUT2D eigenvalue weighted by Crippen LogP contribution is 2.40. The molecule has 0 spiro atoms. The van der Waals surface area contributed by atoms with Gasteiger partial charge in [0.15, 0.2) is 11.5 Å². The van der Waals surface area contributed by atoms with Crippen LogP contribution in [-0.2, 0) is 6.61 Å². The third-order valence-corrected chi connectivity index (χ3v) is 3.20. The molecule has 0 aliphatic carbocycles. The van der Waals surface area contributed by atoms with Crippen molar-refractivity contribution in [2.75, 3.05) is 28.4 Å². The highest BCUT2D eigenvalue weighted by atomic mass is 16.5. The zero-order valence-electron chi connectivity index (χ0n) is 13.2. The van der Waals surface area contributed by atoms with E-state index in [1.807, 2.05) is 24.3 Å². The van der Waals surface area contributed by atoms with E-state index in [2.05, 4.69) is 0 Å². The Hall–Kier alpha value is -2.56. The zero-order chi connectivity index (χ0) is 15.9. The van der Waals surface area contributed by atoms with Crippen LogP contribution in [-0.4, -0.2) is 28.4 Å². The van der Waals surface area contributed by atoms with Gasteiger partial charge in [0.2, 0.25) is 5.75 Å². The highest BCUT2D eigenvalue weighted by Gasteiger charge is 2.13. The van der Waals surface area contributed by atoms with Crippen molar-refractivity contribution in [3.05, 3.63) is 42.0 Å². The summed E-state index contributed by atoms with van der Waals surface area (Å²) in [6.45, 7) is 0.433. The van der Waals surface area contributed by atoms with E-state index in [0.717, 1.165) is 11.3 Å². The molecule has 2 rings (SSSR count). The molecule has 0 amide bonds. The minimum Gasteiger partial charge on any atom is -0.497 e. The Labute approximate surface area is 130 Å². The predicted octanol–water partition coefficient (Wildman–Crippen LogP) is 3.30. The van der Waals surface area contributed by atoms with E-state index in [1.54, 1.807) is 40.6 Å². The van der Waals surface area contributed by atoms with E-state index in [9.17, 15) is 0 Å². The smallest absolute Gasteiger partial charge is 0.203 e. The quantitative estimate of drug-likeness (QED) is 0.785. The van der Waals surface area contributed by atoms with Crippen molar-refractivity contribution in [2.24, 2.45) is 0 Å². The first-order valence-corrected chi connectivity index (χ1v) is 6.77. The first kappa shape index (κ1) is 15.8. The Morgan fingerprint density at radius 1 is 0.682 bits per heavy atom. The van der Waals surface area contributed by atoms with Crippen LogP contribution in [0.15, 0.2) is 36.4 Å². The van der Waals surface area contributed by atoms with Crippen LogP contribution >= 0.6 is 0 Å². The molecule has 0 radical (unpaired) electrons. The van der Waals surface area contributed by atoms with E-state index < -0.39 is 0 Å². The average Bonchev–Trinajstić information content (AvgIpc) is 2.59. The number of rotatable bonds is 7. The summed E-state index contributed by atoms with van der Waals surface area (Å²) in [6, 6.07) is 11.2. The van der Waals surface area contributed by atoms with E-state index >= 15 is 0 Å². The molecular formula is C17H20O5. The van der Waals surface area contributed by atoms with Gasteiger partial charge in [-0.15, -0.1) is 0 Å². The Balaban J connectivity index is 2.14. The van der Waals surface area contributed by atoms with Gasteiger partial charge in [-0.2, -0.15) is 0 Å². The van der Waals surface area contributed by atoms with Gasteiger partial charge >= 0.3 is 0 Å². The first-order valence-electron chi connectivity index (χ1n) is 6.77. The second-order valence-corrected chi connectivity index (χ2v) is 4.50. The number of hydrogen-bond donors (Lipinski definition) is 0. The van der Waals surface area contributed by atoms with E-state index in [4.69, 9.17) is 23.7 Å². The lowest BCUT2D eigenvalue weighted by atomic mass is 10.2. The fraction of sp³-hybridized carbons (Fsp3) is 0.294. The molecule has 0 aliphatic rings. The SMILES string of the molecule is COc1ccc(COc2cc(OC)c(OC)c(OC)c2)cc1. The Bertz CT molecular complexity index is 582. The highest BCUT2D eigenvalue weighted by molar-refractivity contribution is 5.55. The summed E-state index contributed by atoms with van der Waals surface area (Å²) >= 11 is 0. The summed E-state index contributed by atoms with van der Waals surface area (Å²) in [5.74, 6) is 3.13. The topological polar surface area (TPSA) is 46.2 Å². The van der Waals surface area contributed by atoms with Crippen LogP contribution in [0.1, 0.15) is 5.56 Å². The fourth-order valence-corrected chi connectivity index (χ4v) is 2.03. The summed E-state index contributed by atoms with van der Waals surface area (Å²) < 4.78 is 26.8. The van der Waals surface area contributed by atoms with Gasteiger partial charge in [0.1, 0.15) is 18.1 Å². The zero-order valence-corrected chi connectivity index (χ0v) is 13.2. The average molecular weight is 304 g/mol. The molecular weight excluding hydrogens is 284 g/mol. The van der Waals surface area contributed by atoms with Crippen LogP contribution in [0, 0.1) is 0 Å². The van der Waals surface area contributed by atoms with Gasteiger partial charge in [0.05, 0.1) is 28.4 Å². The molecule has 5 heteroatoms. The van der Waals surface area contributed by atoms with Crippen molar-refractivity contribution in [1.82, 2.24) is 0 Å². The molecule has 0 bridgehead atoms. The molecule has 0 aliphatic heterocycles. The fourth-order valence-electron chi connectivity index (χ4n) is 2.03. The molecule has 2 aromatic carbocycles. The summed E-state index contributed by atoms with van der Waals surface area (Å²) in [6.07, 6.45) is 0. The van der Waals surface area contributed by atoms with Gasteiger partial charge in [-0.3, -0.25) is 0 Å². The van der Waals surface area contributed by atoms with Gasteiger partial charge in [0, 0.05) is 12.1 Å². The standard InChI is InChI=1S/C17H20O5/c1-18-13-7-5-12(6-8-13)11-22-14-9-15(19-2)17(21-4)16(10-14)20-3/h5-10H,11H2,1-4H3. The predicted molar refractivity (Wildman–Crippen MR) is 83.4 cm³/mol. The monoisotopic (exact) mass is 304 g/mol. The van der Waals surface area contributed by atoms with Crippen LogP contribution in [0.3, 0.4) is 0 Å². The molecule has 0 saturated heterocycles. The van der Waals surface area contributed by atoms with Crippen LogP contribution < -0.4 is 23.7 Å². The van der Waals surface area contributed by atoms with Crippen molar-refractivity contribution in [2.45, 2.75) is 6.61 Å². The van der Waals surface area contributed by atoms with Crippen LogP contribution in [0.5, 0.6) is 28.7 Å². The first-order chi connectivity index (χ1) is 10.7. The molecule has 0 N–H and O–H groups in total. The second-order valence-electron chi connectivity index (χ2n) is 4.50. The van der Waals surface area contributed by atoms with E-state index in [1.165, 1.54) is 0 Å². The van der Waals surface area contributed by atoms with Gasteiger partial charge in [-0.05, 0) is 17.7 Å². The van der Waals surface area contributed by atoms with Crippen molar-refractivity contribution >= 4 is 0 Å². The summed E-state index contributed by atoms with van der Waals surface area (Å²) in [4.78, 5) is 0. The molecule has 0 aromatic heterocycles. The molecule has 0 saturated carbocycles. The third-order valence-electron chi connectivity index (χ3n) is 3.20. The van der Waals surface area contributed by atoms with Crippen LogP contribution in [0.2, 0.25) is 0 Å². The summed E-state index contributed by atoms with van der Waals surface area (Å²) in [5.41, 5.74) is 1.04. The molecule has 2 aromatic rings. The number of methoxy groups -OCH3 is 4. The van der Waals surface area contributed by atoms with Gasteiger partial charge in [-0.25, -0.2) is 0 Å². The number of benzene rings is 2. The molecule has 0 unspecified atom stereocenters. The van der Waals surface area contributed by atoms with Gasteiger partial charge < -0.3 is 23.7 Å². The van der Waals surface area contributed by atoms with E-state index in [0.29, 0.717) is 29.6 Å². The molecule has 118 valence electrons. The lowest BCUT2D eigenvalue weighted by Crippen LogP contribution is -1.99. The minimum atomic E-state index is 0.433. The number of ether oxygens (including phenoxy) is 5. The van der Waals surface area contributed by atoms with Crippen molar-refractivity contribution < 1.29 is 23.7 Å². The molecule has 5 nitrogen and oxygen atoms in total. The maximum atomic E-state index is 5.79. The Morgan fingerprint density at radius 3 is 1.73 bits per heavy atom. The summed E-state index contributed by atoms with van der Waals surface area (Å²) in [5, 5.41) is 0. The summed E-state index contributed by atoms with van der Waals surface area (Å²) in [7, 11) is 6.36. The van der Waals surface area contributed by atoms with Crippen molar-refractivity contribution in [3.8, 4) is 28.7 Å².